The lowest BCUT2D eigenvalue weighted by Crippen LogP contribution is -2.74. The molecule has 118 valence electrons. The number of benzene rings is 1. The average Bonchev–Trinajstić information content (AvgIpc) is 2.85. The second-order valence-corrected chi connectivity index (χ2v) is 7.48. The number of likely N-dealkylation sites (tertiary alicyclic amines) is 1. The van der Waals surface area contributed by atoms with E-state index in [4.69, 9.17) is 9.47 Å². The van der Waals surface area contributed by atoms with Gasteiger partial charge in [0.05, 0.1) is 18.1 Å². The van der Waals surface area contributed by atoms with Gasteiger partial charge in [0, 0.05) is 11.6 Å². The summed E-state index contributed by atoms with van der Waals surface area (Å²) in [5.41, 5.74) is 1.73. The van der Waals surface area contributed by atoms with Gasteiger partial charge in [0.15, 0.2) is 11.5 Å². The largest absolute Gasteiger partial charge is 0.493 e. The fourth-order valence-corrected chi connectivity index (χ4v) is 5.90. The Kier molecular flexibility index (Phi) is 2.39. The van der Waals surface area contributed by atoms with Gasteiger partial charge in [0.25, 0.3) is 0 Å². The van der Waals surface area contributed by atoms with Crippen molar-refractivity contribution in [3.05, 3.63) is 23.3 Å². The third kappa shape index (κ3) is 1.21. The lowest BCUT2D eigenvalue weighted by atomic mass is 9.49. The van der Waals surface area contributed by atoms with Crippen LogP contribution in [0.5, 0.6) is 11.5 Å². The van der Waals surface area contributed by atoms with Crippen molar-refractivity contribution in [2.45, 2.75) is 55.3 Å². The summed E-state index contributed by atoms with van der Waals surface area (Å²) in [6.45, 7) is 1.03. The van der Waals surface area contributed by atoms with E-state index in [9.17, 15) is 5.11 Å². The van der Waals surface area contributed by atoms with Gasteiger partial charge in [0.2, 0.25) is 0 Å². The molecule has 22 heavy (non-hydrogen) atoms. The third-order valence-electron chi connectivity index (χ3n) is 6.84. The van der Waals surface area contributed by atoms with Crippen LogP contribution in [0.1, 0.15) is 36.8 Å². The molecule has 2 aliphatic carbocycles. The van der Waals surface area contributed by atoms with Gasteiger partial charge in [0.1, 0.15) is 6.10 Å². The van der Waals surface area contributed by atoms with Gasteiger partial charge in [-0.1, -0.05) is 6.07 Å². The van der Waals surface area contributed by atoms with Crippen LogP contribution >= 0.6 is 0 Å². The lowest BCUT2D eigenvalue weighted by Gasteiger charge is -2.62. The van der Waals surface area contributed by atoms with Crippen LogP contribution in [0.4, 0.5) is 0 Å². The van der Waals surface area contributed by atoms with Gasteiger partial charge in [-0.2, -0.15) is 0 Å². The summed E-state index contributed by atoms with van der Waals surface area (Å²) in [6, 6.07) is 4.42. The maximum atomic E-state index is 11.8. The van der Waals surface area contributed by atoms with Crippen LogP contribution in [0.25, 0.3) is 0 Å². The molecule has 1 N–H and O–H groups in total. The van der Waals surface area contributed by atoms with Crippen LogP contribution in [0.15, 0.2) is 12.1 Å². The van der Waals surface area contributed by atoms with E-state index in [-0.39, 0.29) is 17.6 Å². The summed E-state index contributed by atoms with van der Waals surface area (Å²) in [6.07, 6.45) is 4.96. The molecular weight excluding hydrogens is 278 g/mol. The van der Waals surface area contributed by atoms with Crippen molar-refractivity contribution in [1.82, 2.24) is 4.90 Å². The van der Waals surface area contributed by atoms with Gasteiger partial charge >= 0.3 is 0 Å². The minimum Gasteiger partial charge on any atom is -0.493 e. The molecule has 4 nitrogen and oxygen atoms in total. The van der Waals surface area contributed by atoms with Gasteiger partial charge in [-0.15, -0.1) is 0 Å². The van der Waals surface area contributed by atoms with E-state index in [1.165, 1.54) is 11.1 Å². The third-order valence-corrected chi connectivity index (χ3v) is 6.84. The zero-order chi connectivity index (χ0) is 15.1. The molecule has 0 amide bonds. The molecule has 0 radical (unpaired) electrons. The van der Waals surface area contributed by atoms with Crippen LogP contribution in [0, 0.1) is 0 Å². The average molecular weight is 301 g/mol. The number of hydrogen-bond acceptors (Lipinski definition) is 4. The highest BCUT2D eigenvalue weighted by Gasteiger charge is 2.70. The second kappa shape index (κ2) is 3.98. The number of methoxy groups -OCH3 is 1. The van der Waals surface area contributed by atoms with Crippen molar-refractivity contribution >= 4 is 0 Å². The molecule has 1 saturated heterocycles. The molecule has 2 aliphatic heterocycles. The Morgan fingerprint density at radius 3 is 3.05 bits per heavy atom. The Balaban J connectivity index is 1.84. The second-order valence-electron chi connectivity index (χ2n) is 7.48. The minimum atomic E-state index is -0.659. The molecule has 1 aromatic rings. The molecule has 2 heterocycles. The highest BCUT2D eigenvalue weighted by Crippen LogP contribution is 2.65. The maximum Gasteiger partial charge on any atom is 0.165 e. The number of aliphatic hydroxyl groups is 1. The fourth-order valence-electron chi connectivity index (χ4n) is 5.90. The highest BCUT2D eigenvalue weighted by molar-refractivity contribution is 5.62. The predicted molar refractivity (Wildman–Crippen MR) is 82.6 cm³/mol. The molecule has 2 fully saturated rings. The van der Waals surface area contributed by atoms with Crippen molar-refractivity contribution in [2.24, 2.45) is 0 Å². The Bertz CT molecular complexity index is 660. The monoisotopic (exact) mass is 301 g/mol. The van der Waals surface area contributed by atoms with Crippen molar-refractivity contribution in [1.29, 1.82) is 0 Å². The maximum absolute atomic E-state index is 11.8. The molecular formula is C18H23NO3. The molecule has 4 aliphatic rings. The van der Waals surface area contributed by atoms with E-state index in [1.54, 1.807) is 7.11 Å². The topological polar surface area (TPSA) is 41.9 Å². The molecule has 4 heteroatoms. The molecule has 1 spiro atoms. The number of piperidine rings is 1. The number of ether oxygens (including phenoxy) is 2. The van der Waals surface area contributed by atoms with E-state index in [0.717, 1.165) is 50.1 Å². The summed E-state index contributed by atoms with van der Waals surface area (Å²) in [4.78, 5) is 2.36. The normalized spacial score (nSPS) is 41.8. The van der Waals surface area contributed by atoms with Gasteiger partial charge in [-0.25, -0.2) is 0 Å². The number of nitrogens with zero attached hydrogens (tertiary/aromatic N) is 1. The van der Waals surface area contributed by atoms with Crippen LogP contribution in [-0.4, -0.2) is 48.5 Å². The number of likely N-dealkylation sites (N-methyl/N-ethyl adjacent to an activating group) is 1. The molecule has 5 rings (SSSR count). The van der Waals surface area contributed by atoms with Crippen molar-refractivity contribution in [3.8, 4) is 11.5 Å². The minimum absolute atomic E-state index is 0.104. The van der Waals surface area contributed by atoms with Crippen molar-refractivity contribution in [2.75, 3.05) is 20.7 Å². The first-order valence-corrected chi connectivity index (χ1v) is 8.41. The van der Waals surface area contributed by atoms with Crippen LogP contribution in [0.2, 0.25) is 0 Å². The van der Waals surface area contributed by atoms with E-state index >= 15 is 0 Å². The summed E-state index contributed by atoms with van der Waals surface area (Å²) in [5, 5.41) is 11.8. The van der Waals surface area contributed by atoms with E-state index in [0.29, 0.717) is 0 Å². The van der Waals surface area contributed by atoms with Gasteiger partial charge < -0.3 is 19.5 Å². The first-order chi connectivity index (χ1) is 10.6. The van der Waals surface area contributed by atoms with E-state index < -0.39 is 5.60 Å². The highest BCUT2D eigenvalue weighted by atomic mass is 16.5. The first-order valence-electron chi connectivity index (χ1n) is 8.41. The smallest absolute Gasteiger partial charge is 0.165 e. The molecule has 4 atom stereocenters. The zero-order valence-corrected chi connectivity index (χ0v) is 13.3. The summed E-state index contributed by atoms with van der Waals surface area (Å²) in [7, 11) is 3.86. The van der Waals surface area contributed by atoms with Crippen molar-refractivity contribution < 1.29 is 14.6 Å². The van der Waals surface area contributed by atoms with Crippen LogP contribution in [0.3, 0.4) is 0 Å². The first kappa shape index (κ1) is 13.2. The zero-order valence-electron chi connectivity index (χ0n) is 13.3. The lowest BCUT2D eigenvalue weighted by molar-refractivity contribution is -0.180. The molecule has 1 saturated carbocycles. The van der Waals surface area contributed by atoms with Gasteiger partial charge in [-0.05, 0) is 57.3 Å². The quantitative estimate of drug-likeness (QED) is 0.860. The van der Waals surface area contributed by atoms with E-state index in [1.807, 2.05) is 6.07 Å². The fraction of sp³-hybridized carbons (Fsp3) is 0.667. The van der Waals surface area contributed by atoms with Crippen molar-refractivity contribution in [3.63, 3.8) is 0 Å². The molecule has 2 bridgehead atoms. The number of rotatable bonds is 1. The Labute approximate surface area is 131 Å². The van der Waals surface area contributed by atoms with Gasteiger partial charge in [-0.3, -0.25) is 0 Å². The Hall–Kier alpha value is -1.26. The summed E-state index contributed by atoms with van der Waals surface area (Å²) in [5.74, 6) is 1.73. The predicted octanol–water partition coefficient (Wildman–Crippen LogP) is 1.87. The standard InChI is InChI=1S/C18H23NO3/c1-19-9-8-17-14-4-3-7-18(17,20)13(19)10-11-5-6-12(21-2)16(22-14)15(11)17/h5-6,13-14,20H,3-4,7-10H2,1-2H3/t13?,14-,17+,18+/m1/s1. The number of hydrogen-bond donors (Lipinski definition) is 1. The Morgan fingerprint density at radius 1 is 1.36 bits per heavy atom. The molecule has 0 aromatic heterocycles. The Morgan fingerprint density at radius 2 is 2.23 bits per heavy atom. The summed E-state index contributed by atoms with van der Waals surface area (Å²) >= 11 is 0. The van der Waals surface area contributed by atoms with Crippen LogP contribution in [-0.2, 0) is 11.8 Å². The van der Waals surface area contributed by atoms with Crippen LogP contribution < -0.4 is 9.47 Å². The molecule has 1 aromatic carbocycles. The summed E-state index contributed by atoms with van der Waals surface area (Å²) < 4.78 is 11.9. The molecule has 1 unspecified atom stereocenters. The SMILES string of the molecule is COc1ccc2c3c1O[C@@H]1CCC[C@]4(O)C(C2)N(C)CC[C@@]314. The van der Waals surface area contributed by atoms with E-state index in [2.05, 4.69) is 18.0 Å².